The standard InChI is InChI=1S/C13H16FNO4/c1-19-10-4-2-3-9(13(10)14)5-6-11(16)15-8-7-12(17)18/h2-4H,5-8H2,1H3,(H,15,16)(H,17,18). The van der Waals surface area contributed by atoms with Gasteiger partial charge in [0.2, 0.25) is 5.91 Å². The quantitative estimate of drug-likeness (QED) is 0.783. The van der Waals surface area contributed by atoms with Crippen molar-refractivity contribution in [2.75, 3.05) is 13.7 Å². The third-order valence-electron chi connectivity index (χ3n) is 2.55. The van der Waals surface area contributed by atoms with E-state index in [0.29, 0.717) is 5.56 Å². The molecule has 1 aromatic rings. The summed E-state index contributed by atoms with van der Waals surface area (Å²) in [5, 5.41) is 10.9. The molecule has 0 fully saturated rings. The van der Waals surface area contributed by atoms with Gasteiger partial charge in [-0.2, -0.15) is 0 Å². The fourth-order valence-electron chi connectivity index (χ4n) is 1.55. The van der Waals surface area contributed by atoms with Gasteiger partial charge in [0.25, 0.3) is 0 Å². The van der Waals surface area contributed by atoms with E-state index in [4.69, 9.17) is 9.84 Å². The molecule has 104 valence electrons. The highest BCUT2D eigenvalue weighted by Crippen LogP contribution is 2.20. The van der Waals surface area contributed by atoms with Gasteiger partial charge in [0, 0.05) is 13.0 Å². The molecule has 0 aliphatic heterocycles. The number of ether oxygens (including phenoxy) is 1. The van der Waals surface area contributed by atoms with Gasteiger partial charge in [-0.25, -0.2) is 4.39 Å². The van der Waals surface area contributed by atoms with Crippen LogP contribution in [-0.4, -0.2) is 30.6 Å². The summed E-state index contributed by atoms with van der Waals surface area (Å²) >= 11 is 0. The minimum absolute atomic E-state index is 0.0781. The van der Waals surface area contributed by atoms with Crippen LogP contribution in [0, 0.1) is 5.82 Å². The lowest BCUT2D eigenvalue weighted by atomic mass is 10.1. The Morgan fingerprint density at radius 3 is 2.74 bits per heavy atom. The first-order valence-electron chi connectivity index (χ1n) is 5.84. The van der Waals surface area contributed by atoms with Crippen molar-refractivity contribution in [2.24, 2.45) is 0 Å². The number of nitrogens with one attached hydrogen (secondary N) is 1. The van der Waals surface area contributed by atoms with Crippen LogP contribution in [0.3, 0.4) is 0 Å². The molecule has 0 radical (unpaired) electrons. The van der Waals surface area contributed by atoms with Gasteiger partial charge in [-0.3, -0.25) is 9.59 Å². The van der Waals surface area contributed by atoms with Gasteiger partial charge in [0.15, 0.2) is 11.6 Å². The molecule has 0 saturated heterocycles. The van der Waals surface area contributed by atoms with Crippen LogP contribution in [0.2, 0.25) is 0 Å². The Bertz CT molecular complexity index is 462. The normalized spacial score (nSPS) is 10.0. The average Bonchev–Trinajstić information content (AvgIpc) is 2.37. The second-order valence-corrected chi connectivity index (χ2v) is 3.93. The number of aryl methyl sites for hydroxylation is 1. The van der Waals surface area contributed by atoms with E-state index in [1.54, 1.807) is 12.1 Å². The second-order valence-electron chi connectivity index (χ2n) is 3.93. The van der Waals surface area contributed by atoms with Crippen molar-refractivity contribution in [1.82, 2.24) is 5.32 Å². The van der Waals surface area contributed by atoms with Crippen LogP contribution in [-0.2, 0) is 16.0 Å². The first-order valence-corrected chi connectivity index (χ1v) is 5.84. The maximum Gasteiger partial charge on any atom is 0.305 e. The van der Waals surface area contributed by atoms with Crippen molar-refractivity contribution in [1.29, 1.82) is 0 Å². The van der Waals surface area contributed by atoms with E-state index in [2.05, 4.69) is 5.32 Å². The van der Waals surface area contributed by atoms with Gasteiger partial charge in [0.05, 0.1) is 13.5 Å². The monoisotopic (exact) mass is 269 g/mol. The summed E-state index contributed by atoms with van der Waals surface area (Å²) in [6.45, 7) is 0.0781. The predicted octanol–water partition coefficient (Wildman–Crippen LogP) is 1.36. The first-order chi connectivity index (χ1) is 9.04. The lowest BCUT2D eigenvalue weighted by Crippen LogP contribution is -2.26. The highest BCUT2D eigenvalue weighted by atomic mass is 19.1. The van der Waals surface area contributed by atoms with E-state index < -0.39 is 11.8 Å². The highest BCUT2D eigenvalue weighted by molar-refractivity contribution is 5.77. The third kappa shape index (κ3) is 4.95. The average molecular weight is 269 g/mol. The van der Waals surface area contributed by atoms with Gasteiger partial charge in [-0.15, -0.1) is 0 Å². The maximum atomic E-state index is 13.7. The lowest BCUT2D eigenvalue weighted by Gasteiger charge is -2.07. The molecule has 0 atom stereocenters. The van der Waals surface area contributed by atoms with Crippen LogP contribution in [0.5, 0.6) is 5.75 Å². The number of rotatable bonds is 7. The Labute approximate surface area is 110 Å². The molecule has 1 amide bonds. The molecule has 1 rings (SSSR count). The molecular weight excluding hydrogens is 253 g/mol. The van der Waals surface area contributed by atoms with Crippen LogP contribution >= 0.6 is 0 Å². The van der Waals surface area contributed by atoms with Crippen LogP contribution in [0.1, 0.15) is 18.4 Å². The largest absolute Gasteiger partial charge is 0.494 e. The van der Waals surface area contributed by atoms with E-state index in [9.17, 15) is 14.0 Å². The van der Waals surface area contributed by atoms with Crippen molar-refractivity contribution in [3.05, 3.63) is 29.6 Å². The Morgan fingerprint density at radius 1 is 1.37 bits per heavy atom. The Morgan fingerprint density at radius 2 is 2.11 bits per heavy atom. The van der Waals surface area contributed by atoms with Crippen molar-refractivity contribution in [3.8, 4) is 5.75 Å². The summed E-state index contributed by atoms with van der Waals surface area (Å²) in [4.78, 5) is 21.7. The fraction of sp³-hybridized carbons (Fsp3) is 0.385. The zero-order valence-corrected chi connectivity index (χ0v) is 10.6. The number of hydrogen-bond donors (Lipinski definition) is 2. The number of methoxy groups -OCH3 is 1. The number of carbonyl (C=O) groups is 2. The summed E-state index contributed by atoms with van der Waals surface area (Å²) in [5.41, 5.74) is 0.396. The summed E-state index contributed by atoms with van der Waals surface area (Å²) < 4.78 is 18.6. The van der Waals surface area contributed by atoms with Gasteiger partial charge < -0.3 is 15.2 Å². The molecule has 0 aliphatic rings. The number of halogens is 1. The summed E-state index contributed by atoms with van der Waals surface area (Å²) in [6, 6.07) is 4.74. The predicted molar refractivity (Wildman–Crippen MR) is 66.5 cm³/mol. The molecule has 6 heteroatoms. The number of aliphatic carboxylic acids is 1. The van der Waals surface area contributed by atoms with Crippen molar-refractivity contribution in [2.45, 2.75) is 19.3 Å². The topological polar surface area (TPSA) is 75.6 Å². The number of carbonyl (C=O) groups excluding carboxylic acids is 1. The SMILES string of the molecule is COc1cccc(CCC(=O)NCCC(=O)O)c1F. The van der Waals surface area contributed by atoms with Crippen LogP contribution in [0.15, 0.2) is 18.2 Å². The van der Waals surface area contributed by atoms with E-state index in [-0.39, 0.29) is 37.5 Å². The molecule has 0 unspecified atom stereocenters. The Hall–Kier alpha value is -2.11. The summed E-state index contributed by atoms with van der Waals surface area (Å²) in [7, 11) is 1.38. The molecule has 5 nitrogen and oxygen atoms in total. The van der Waals surface area contributed by atoms with Gasteiger partial charge in [0.1, 0.15) is 0 Å². The third-order valence-corrected chi connectivity index (χ3v) is 2.55. The maximum absolute atomic E-state index is 13.7. The van der Waals surface area contributed by atoms with Gasteiger partial charge >= 0.3 is 5.97 Å². The van der Waals surface area contributed by atoms with Crippen LogP contribution in [0.4, 0.5) is 4.39 Å². The Kier molecular flexibility index (Phi) is 5.78. The summed E-state index contributed by atoms with van der Waals surface area (Å²) in [5.74, 6) is -1.60. The minimum atomic E-state index is -0.973. The number of carboxylic acids is 1. The van der Waals surface area contributed by atoms with Crippen molar-refractivity contribution >= 4 is 11.9 Å². The number of amides is 1. The summed E-state index contributed by atoms with van der Waals surface area (Å²) in [6.07, 6.45) is 0.213. The van der Waals surface area contributed by atoms with E-state index in [1.807, 2.05) is 0 Å². The van der Waals surface area contributed by atoms with Gasteiger partial charge in [-0.1, -0.05) is 12.1 Å². The zero-order valence-electron chi connectivity index (χ0n) is 10.6. The molecule has 19 heavy (non-hydrogen) atoms. The van der Waals surface area contributed by atoms with E-state index in [1.165, 1.54) is 13.2 Å². The highest BCUT2D eigenvalue weighted by Gasteiger charge is 2.10. The molecule has 2 N–H and O–H groups in total. The van der Waals surface area contributed by atoms with Crippen molar-refractivity contribution < 1.29 is 23.8 Å². The molecule has 0 bridgehead atoms. The Balaban J connectivity index is 2.44. The second kappa shape index (κ2) is 7.35. The molecule has 0 aromatic heterocycles. The van der Waals surface area contributed by atoms with Crippen molar-refractivity contribution in [3.63, 3.8) is 0 Å². The van der Waals surface area contributed by atoms with E-state index in [0.717, 1.165) is 0 Å². The van der Waals surface area contributed by atoms with Crippen LogP contribution < -0.4 is 10.1 Å². The number of carboxylic acid groups (broad SMARTS) is 1. The molecule has 0 aliphatic carbocycles. The fourth-order valence-corrected chi connectivity index (χ4v) is 1.55. The smallest absolute Gasteiger partial charge is 0.305 e. The zero-order chi connectivity index (χ0) is 14.3. The van der Waals surface area contributed by atoms with E-state index >= 15 is 0 Å². The molecular formula is C13H16FNO4. The number of benzene rings is 1. The minimum Gasteiger partial charge on any atom is -0.494 e. The van der Waals surface area contributed by atoms with Gasteiger partial charge in [-0.05, 0) is 18.1 Å². The molecule has 0 heterocycles. The van der Waals surface area contributed by atoms with Crippen LogP contribution in [0.25, 0.3) is 0 Å². The number of hydrogen-bond acceptors (Lipinski definition) is 3. The first kappa shape index (κ1) is 14.9. The molecule has 1 aromatic carbocycles. The molecule has 0 saturated carbocycles. The lowest BCUT2D eigenvalue weighted by molar-refractivity contribution is -0.136. The molecule has 0 spiro atoms.